The Kier molecular flexibility index (Phi) is 25.2. The van der Waals surface area contributed by atoms with E-state index < -0.39 is 183 Å². The van der Waals surface area contributed by atoms with Crippen LogP contribution in [0.15, 0.2) is 24.3 Å². The second kappa shape index (κ2) is 30.5. The lowest BCUT2D eigenvalue weighted by Crippen LogP contribution is -2.71. The van der Waals surface area contributed by atoms with Crippen molar-refractivity contribution in [1.82, 2.24) is 21.3 Å². The maximum atomic E-state index is 13.8. The Morgan fingerprint density at radius 1 is 0.603 bits per heavy atom. The minimum Gasteiger partial charge on any atom is -0.726 e. The van der Waals surface area contributed by atoms with E-state index in [1.807, 2.05) is 0 Å². The molecule has 0 saturated carbocycles. The van der Waals surface area contributed by atoms with Crippen LogP contribution in [-0.2, 0) is 62.1 Å². The zero-order chi connectivity index (χ0) is 57.4. The van der Waals surface area contributed by atoms with Crippen molar-refractivity contribution in [3.05, 3.63) is 29.8 Å². The van der Waals surface area contributed by atoms with E-state index >= 15 is 0 Å². The van der Waals surface area contributed by atoms with Gasteiger partial charge in [0.2, 0.25) is 28.1 Å². The molecule has 13 N–H and O–H groups in total. The Labute approximate surface area is 450 Å². The maximum absolute atomic E-state index is 13.8. The second-order valence-electron chi connectivity index (χ2n) is 19.0. The zero-order valence-corrected chi connectivity index (χ0v) is 44.1. The number of carbonyl (C=O) groups is 4. The quantitative estimate of drug-likeness (QED) is 0.0188. The van der Waals surface area contributed by atoms with Gasteiger partial charge in [0.1, 0.15) is 103 Å². The van der Waals surface area contributed by atoms with Crippen LogP contribution in [0.25, 0.3) is 0 Å². The Morgan fingerprint density at radius 3 is 1.58 bits per heavy atom. The molecule has 20 atom stereocenters. The van der Waals surface area contributed by atoms with Crippen LogP contribution >= 0.6 is 0 Å². The summed E-state index contributed by atoms with van der Waals surface area (Å²) in [5, 5.41) is 109. The van der Waals surface area contributed by atoms with Gasteiger partial charge in [-0.1, -0.05) is 32.3 Å². The van der Waals surface area contributed by atoms with Gasteiger partial charge in [-0.25, -0.2) is 8.42 Å². The SMILES string of the molecule is CCCCCCC#CCCCOc1cccc(C(=O)N[C@H]2C(O)[C@H](O)C(CO)O[C@H]2O[C@H]2C(O)C(NC(C)=O)C(OC3C(CO)O[C@@H](O[C@H]4C(O)C(NC(C)=O)C(O)O[C@H]4COS(=O)(=O)[O-])[C@@H](NC(C)=O)[C@H]3O)O[C@H]2CO)c1. The van der Waals surface area contributed by atoms with E-state index in [0.717, 1.165) is 46.5 Å². The minimum atomic E-state index is -5.41. The summed E-state index contributed by atoms with van der Waals surface area (Å²) in [5.41, 5.74) is 0.0426. The molecule has 10 unspecified atom stereocenters. The van der Waals surface area contributed by atoms with Crippen molar-refractivity contribution in [2.24, 2.45) is 0 Å². The smallest absolute Gasteiger partial charge is 0.251 e. The highest BCUT2D eigenvalue weighted by atomic mass is 32.3. The van der Waals surface area contributed by atoms with Crippen LogP contribution in [0.5, 0.6) is 5.75 Å². The summed E-state index contributed by atoms with van der Waals surface area (Å²) in [7, 11) is -5.41. The highest BCUT2D eigenvalue weighted by Gasteiger charge is 2.56. The number of amides is 4. The van der Waals surface area contributed by atoms with Crippen molar-refractivity contribution in [2.45, 2.75) is 195 Å². The van der Waals surface area contributed by atoms with E-state index in [4.69, 9.17) is 37.9 Å². The Balaban J connectivity index is 1.35. The molecule has 4 amide bonds. The van der Waals surface area contributed by atoms with Crippen LogP contribution in [0, 0.1) is 11.8 Å². The number of aliphatic hydroxyl groups is 9. The molecule has 442 valence electrons. The molecule has 4 fully saturated rings. The van der Waals surface area contributed by atoms with Crippen LogP contribution in [0.2, 0.25) is 0 Å². The normalized spacial score (nSPS) is 35.1. The minimum absolute atomic E-state index is 0.0426. The Hall–Kier alpha value is -4.31. The summed E-state index contributed by atoms with van der Waals surface area (Å²) in [6.07, 6.45) is -23.2. The summed E-state index contributed by atoms with van der Waals surface area (Å²) < 4.78 is 85.6. The molecular formula is C48H73N4O25S-. The highest BCUT2D eigenvalue weighted by molar-refractivity contribution is 7.80. The summed E-state index contributed by atoms with van der Waals surface area (Å²) >= 11 is 0. The van der Waals surface area contributed by atoms with Gasteiger partial charge in [-0.15, -0.1) is 11.8 Å². The van der Waals surface area contributed by atoms with Gasteiger partial charge >= 0.3 is 0 Å². The number of benzene rings is 1. The first-order valence-electron chi connectivity index (χ1n) is 25.4. The van der Waals surface area contributed by atoms with Gasteiger partial charge in [0.05, 0.1) is 33.0 Å². The number of hydrogen-bond donors (Lipinski definition) is 13. The summed E-state index contributed by atoms with van der Waals surface area (Å²) in [5.74, 6) is 3.36. The molecule has 0 aromatic heterocycles. The van der Waals surface area contributed by atoms with Crippen molar-refractivity contribution >= 4 is 34.0 Å². The molecule has 4 heterocycles. The lowest BCUT2D eigenvalue weighted by Gasteiger charge is -2.51. The zero-order valence-electron chi connectivity index (χ0n) is 43.3. The molecule has 5 rings (SSSR count). The molecule has 0 spiro atoms. The van der Waals surface area contributed by atoms with Crippen molar-refractivity contribution in [1.29, 1.82) is 0 Å². The first-order valence-corrected chi connectivity index (χ1v) is 26.8. The van der Waals surface area contributed by atoms with Crippen LogP contribution in [0.1, 0.15) is 83.0 Å². The van der Waals surface area contributed by atoms with Crippen LogP contribution < -0.4 is 26.0 Å². The topological polar surface area (TPSA) is 439 Å². The number of unbranched alkanes of at least 4 members (excludes halogenated alkanes) is 5. The highest BCUT2D eigenvalue weighted by Crippen LogP contribution is 2.35. The standard InChI is InChI=1S/C48H74N4O25S/c1-5-6-7-8-9-10-11-12-13-17-69-27-16-14-15-26(18-27)44(64)52-33-37(60)36(59)28(19-53)72-46(33)75-41-29(20-54)73-47(34(39(41)62)50-24(3)57)76-42-30(21-55)74-48(35(40(42)63)51-25(4)58)77-43-31(22-70-78(66,67)68)71-45(65)32(38(43)61)49-23(2)56/h14-16,18,28-43,45-48,53-55,59-63,65H,5-9,12-13,17,19-22H2,1-4H3,(H,49,56)(H,50,57)(H,51,58)(H,52,64)(H,66,67,68)/p-1/t28?,29-,30?,31-,32?,33-,34?,35-,36+,37?,38?,39?,40+,41+,42?,43+,45?,46-,47?,48-/m0/s1. The largest absolute Gasteiger partial charge is 0.726 e. The number of hydrogen-bond acceptors (Lipinski definition) is 25. The monoisotopic (exact) mass is 1140 g/mol. The fourth-order valence-corrected chi connectivity index (χ4v) is 9.50. The summed E-state index contributed by atoms with van der Waals surface area (Å²) in [4.78, 5) is 51.1. The fourth-order valence-electron chi connectivity index (χ4n) is 9.20. The number of rotatable bonds is 25. The van der Waals surface area contributed by atoms with Crippen molar-refractivity contribution in [3.8, 4) is 17.6 Å². The number of ether oxygens (including phenoxy) is 8. The van der Waals surface area contributed by atoms with Crippen LogP contribution in [0.4, 0.5) is 0 Å². The average molecular weight is 1140 g/mol. The van der Waals surface area contributed by atoms with Gasteiger partial charge in [-0.3, -0.25) is 23.4 Å². The van der Waals surface area contributed by atoms with Gasteiger partial charge in [-0.2, -0.15) is 0 Å². The molecule has 30 heteroatoms. The van der Waals surface area contributed by atoms with E-state index in [1.54, 1.807) is 12.1 Å². The maximum Gasteiger partial charge on any atom is 0.251 e. The predicted octanol–water partition coefficient (Wildman–Crippen LogP) is -5.26. The number of aliphatic hydroxyl groups excluding tert-OH is 9. The molecule has 4 aliphatic rings. The molecule has 0 radical (unpaired) electrons. The van der Waals surface area contributed by atoms with E-state index in [-0.39, 0.29) is 5.56 Å². The van der Waals surface area contributed by atoms with E-state index in [2.05, 4.69) is 44.2 Å². The predicted molar refractivity (Wildman–Crippen MR) is 260 cm³/mol. The summed E-state index contributed by atoms with van der Waals surface area (Å²) in [6, 6.07) is -0.788. The fraction of sp³-hybridized carbons (Fsp3) is 0.750. The Bertz CT molecular complexity index is 2280. The van der Waals surface area contributed by atoms with E-state index in [0.29, 0.717) is 25.2 Å². The first kappa shape index (κ1) is 64.5. The van der Waals surface area contributed by atoms with Gasteiger partial charge in [0.15, 0.2) is 25.2 Å². The van der Waals surface area contributed by atoms with E-state index in [9.17, 15) is 78.1 Å². The molecule has 78 heavy (non-hydrogen) atoms. The van der Waals surface area contributed by atoms with Crippen LogP contribution in [0.3, 0.4) is 0 Å². The molecular weight excluding hydrogens is 1060 g/mol. The molecule has 0 bridgehead atoms. The van der Waals surface area contributed by atoms with Crippen molar-refractivity contribution in [2.75, 3.05) is 33.0 Å². The van der Waals surface area contributed by atoms with Crippen molar-refractivity contribution < 1.29 is 120 Å². The second-order valence-corrected chi connectivity index (χ2v) is 20.1. The molecule has 1 aromatic carbocycles. The third-order valence-corrected chi connectivity index (χ3v) is 13.5. The van der Waals surface area contributed by atoms with Gasteiger partial charge in [0, 0.05) is 39.2 Å². The van der Waals surface area contributed by atoms with Gasteiger partial charge in [-0.05, 0) is 31.0 Å². The Morgan fingerprint density at radius 2 is 1.08 bits per heavy atom. The lowest BCUT2D eigenvalue weighted by atomic mass is 9.93. The van der Waals surface area contributed by atoms with Gasteiger partial charge < -0.3 is 110 Å². The summed E-state index contributed by atoms with van der Waals surface area (Å²) in [6.45, 7) is 1.41. The average Bonchev–Trinajstić information content (AvgIpc) is 3.38. The number of nitrogens with one attached hydrogen (secondary N) is 4. The van der Waals surface area contributed by atoms with Gasteiger partial charge in [0.25, 0.3) is 5.91 Å². The molecule has 0 aliphatic carbocycles. The molecule has 4 aliphatic heterocycles. The van der Waals surface area contributed by atoms with Crippen molar-refractivity contribution in [3.63, 3.8) is 0 Å². The molecule has 29 nitrogen and oxygen atoms in total. The number of carbonyl (C=O) groups excluding carboxylic acids is 4. The first-order chi connectivity index (χ1) is 37.0. The third-order valence-electron chi connectivity index (χ3n) is 13.0. The van der Waals surface area contributed by atoms with E-state index in [1.165, 1.54) is 18.6 Å². The van der Waals surface area contributed by atoms with Crippen LogP contribution in [-0.4, -0.2) is 238 Å². The lowest BCUT2D eigenvalue weighted by molar-refractivity contribution is -0.361. The third kappa shape index (κ3) is 17.8. The molecule has 4 saturated heterocycles. The molecule has 1 aromatic rings.